The molecule has 2 rings (SSSR count). The van der Waals surface area contributed by atoms with Gasteiger partial charge in [-0.3, -0.25) is 4.79 Å². The fourth-order valence-electron chi connectivity index (χ4n) is 1.67. The highest BCUT2D eigenvalue weighted by atomic mass is 35.5. The van der Waals surface area contributed by atoms with E-state index in [1.807, 2.05) is 7.05 Å². The Morgan fingerprint density at radius 1 is 1.69 bits per heavy atom. The molecule has 0 saturated carbocycles. The topological polar surface area (TPSA) is 59.2 Å². The molecule has 1 aromatic rings. The maximum atomic E-state index is 11.0. The van der Waals surface area contributed by atoms with Gasteiger partial charge in [0.2, 0.25) is 0 Å². The third-order valence-electron chi connectivity index (χ3n) is 2.44. The SMILES string of the molecule is CN1CCC=C(c2nc(C(N)=O)sc2Cl)C1. The van der Waals surface area contributed by atoms with Gasteiger partial charge in [-0.15, -0.1) is 0 Å². The first-order valence-electron chi connectivity index (χ1n) is 4.92. The molecule has 1 aliphatic heterocycles. The lowest BCUT2D eigenvalue weighted by atomic mass is 10.1. The zero-order chi connectivity index (χ0) is 11.7. The third-order valence-corrected chi connectivity index (χ3v) is 3.71. The fraction of sp³-hybridized carbons (Fsp3) is 0.400. The summed E-state index contributed by atoms with van der Waals surface area (Å²) < 4.78 is 0.537. The molecule has 0 radical (unpaired) electrons. The van der Waals surface area contributed by atoms with Crippen molar-refractivity contribution in [3.8, 4) is 0 Å². The van der Waals surface area contributed by atoms with Crippen LogP contribution in [0.25, 0.3) is 5.57 Å². The highest BCUT2D eigenvalue weighted by Gasteiger charge is 2.19. The summed E-state index contributed by atoms with van der Waals surface area (Å²) in [7, 11) is 2.04. The minimum atomic E-state index is -0.525. The highest BCUT2D eigenvalue weighted by Crippen LogP contribution is 2.31. The molecular formula is C10H12ClN3OS. The molecule has 2 N–H and O–H groups in total. The number of nitrogens with zero attached hydrogens (tertiary/aromatic N) is 2. The predicted molar refractivity (Wildman–Crippen MR) is 65.7 cm³/mol. The lowest BCUT2D eigenvalue weighted by Crippen LogP contribution is -2.25. The van der Waals surface area contributed by atoms with Crippen LogP contribution in [0.1, 0.15) is 21.9 Å². The molecule has 0 bridgehead atoms. The van der Waals surface area contributed by atoms with Crippen molar-refractivity contribution in [3.63, 3.8) is 0 Å². The van der Waals surface area contributed by atoms with Gasteiger partial charge < -0.3 is 10.6 Å². The molecule has 0 fully saturated rings. The number of likely N-dealkylation sites (N-methyl/N-ethyl adjacent to an activating group) is 1. The molecule has 0 spiro atoms. The van der Waals surface area contributed by atoms with Crippen molar-refractivity contribution in [2.24, 2.45) is 5.73 Å². The second kappa shape index (κ2) is 4.53. The van der Waals surface area contributed by atoms with E-state index in [0.717, 1.165) is 36.4 Å². The van der Waals surface area contributed by atoms with Crippen LogP contribution in [-0.2, 0) is 0 Å². The van der Waals surface area contributed by atoms with Gasteiger partial charge in [-0.1, -0.05) is 29.0 Å². The Kier molecular flexibility index (Phi) is 3.28. The molecule has 4 nitrogen and oxygen atoms in total. The van der Waals surface area contributed by atoms with Gasteiger partial charge in [-0.2, -0.15) is 0 Å². The van der Waals surface area contributed by atoms with E-state index in [-0.39, 0.29) is 5.01 Å². The lowest BCUT2D eigenvalue weighted by Gasteiger charge is -2.21. The molecule has 0 aliphatic carbocycles. The first kappa shape index (κ1) is 11.6. The normalized spacial score (nSPS) is 17.2. The van der Waals surface area contributed by atoms with Crippen LogP contribution < -0.4 is 5.73 Å². The van der Waals surface area contributed by atoms with Gasteiger partial charge in [0.15, 0.2) is 5.01 Å². The number of carbonyl (C=O) groups is 1. The van der Waals surface area contributed by atoms with Crippen LogP contribution in [-0.4, -0.2) is 35.9 Å². The lowest BCUT2D eigenvalue weighted by molar-refractivity contribution is 0.1000. The summed E-state index contributed by atoms with van der Waals surface area (Å²) in [5, 5.41) is 0.272. The maximum absolute atomic E-state index is 11.0. The van der Waals surface area contributed by atoms with E-state index in [2.05, 4.69) is 16.0 Å². The van der Waals surface area contributed by atoms with Gasteiger partial charge in [0.25, 0.3) is 5.91 Å². The van der Waals surface area contributed by atoms with E-state index in [1.165, 1.54) is 0 Å². The largest absolute Gasteiger partial charge is 0.364 e. The summed E-state index contributed by atoms with van der Waals surface area (Å²) in [5.74, 6) is -0.525. The summed E-state index contributed by atoms with van der Waals surface area (Å²) in [6.45, 7) is 1.84. The average molecular weight is 258 g/mol. The predicted octanol–water partition coefficient (Wildman–Crippen LogP) is 1.61. The highest BCUT2D eigenvalue weighted by molar-refractivity contribution is 7.17. The zero-order valence-corrected chi connectivity index (χ0v) is 10.4. The monoisotopic (exact) mass is 257 g/mol. The van der Waals surface area contributed by atoms with Crippen molar-refractivity contribution in [3.05, 3.63) is 21.1 Å². The summed E-state index contributed by atoms with van der Waals surface area (Å²) in [6, 6.07) is 0. The van der Waals surface area contributed by atoms with Crippen LogP contribution in [0, 0.1) is 0 Å². The molecule has 2 heterocycles. The number of carbonyl (C=O) groups excluding carboxylic acids is 1. The Hall–Kier alpha value is -0.910. The molecule has 86 valence electrons. The van der Waals surface area contributed by atoms with E-state index < -0.39 is 5.91 Å². The number of hydrogen-bond acceptors (Lipinski definition) is 4. The first-order chi connectivity index (χ1) is 7.58. The number of rotatable bonds is 2. The van der Waals surface area contributed by atoms with Crippen molar-refractivity contribution < 1.29 is 4.79 Å². The van der Waals surface area contributed by atoms with Gasteiger partial charge in [0.05, 0.1) is 5.69 Å². The Bertz CT molecular complexity index is 455. The van der Waals surface area contributed by atoms with Crippen molar-refractivity contribution in [1.82, 2.24) is 9.88 Å². The summed E-state index contributed by atoms with van der Waals surface area (Å²) in [6.07, 6.45) is 3.09. The van der Waals surface area contributed by atoms with E-state index in [0.29, 0.717) is 10.0 Å². The fourth-order valence-corrected chi connectivity index (χ4v) is 2.73. The van der Waals surface area contributed by atoms with Gasteiger partial charge in [0, 0.05) is 13.1 Å². The Morgan fingerprint density at radius 3 is 3.00 bits per heavy atom. The van der Waals surface area contributed by atoms with Crippen molar-refractivity contribution in [2.75, 3.05) is 20.1 Å². The molecule has 16 heavy (non-hydrogen) atoms. The summed E-state index contributed by atoms with van der Waals surface area (Å²) in [4.78, 5) is 17.4. The molecule has 0 atom stereocenters. The molecule has 0 aromatic carbocycles. The van der Waals surface area contributed by atoms with Gasteiger partial charge >= 0.3 is 0 Å². The van der Waals surface area contributed by atoms with Gasteiger partial charge in [-0.05, 0) is 19.0 Å². The van der Waals surface area contributed by atoms with Crippen molar-refractivity contribution >= 4 is 34.4 Å². The second-order valence-electron chi connectivity index (χ2n) is 3.76. The minimum absolute atomic E-state index is 0.272. The number of halogens is 1. The molecule has 1 amide bonds. The summed E-state index contributed by atoms with van der Waals surface area (Å²) >= 11 is 7.20. The van der Waals surface area contributed by atoms with E-state index in [1.54, 1.807) is 0 Å². The second-order valence-corrected chi connectivity index (χ2v) is 5.36. The maximum Gasteiger partial charge on any atom is 0.277 e. The molecule has 0 unspecified atom stereocenters. The molecule has 0 saturated heterocycles. The third kappa shape index (κ3) is 2.26. The van der Waals surface area contributed by atoms with Crippen LogP contribution in [0.4, 0.5) is 0 Å². The van der Waals surface area contributed by atoms with Gasteiger partial charge in [0.1, 0.15) is 4.34 Å². The smallest absolute Gasteiger partial charge is 0.277 e. The van der Waals surface area contributed by atoms with E-state index in [4.69, 9.17) is 17.3 Å². The van der Waals surface area contributed by atoms with Crippen molar-refractivity contribution in [1.29, 1.82) is 0 Å². The number of nitrogens with two attached hydrogens (primary N) is 1. The van der Waals surface area contributed by atoms with Gasteiger partial charge in [-0.25, -0.2) is 4.98 Å². The Labute approximate surface area is 103 Å². The van der Waals surface area contributed by atoms with Crippen LogP contribution in [0.2, 0.25) is 4.34 Å². The van der Waals surface area contributed by atoms with Crippen LogP contribution in [0.3, 0.4) is 0 Å². The van der Waals surface area contributed by atoms with E-state index >= 15 is 0 Å². The minimum Gasteiger partial charge on any atom is -0.364 e. The molecule has 1 aliphatic rings. The van der Waals surface area contributed by atoms with E-state index in [9.17, 15) is 4.79 Å². The number of amides is 1. The Balaban J connectivity index is 2.33. The average Bonchev–Trinajstić information content (AvgIpc) is 2.60. The molecule has 6 heteroatoms. The van der Waals surface area contributed by atoms with Crippen LogP contribution in [0.5, 0.6) is 0 Å². The number of hydrogen-bond donors (Lipinski definition) is 1. The van der Waals surface area contributed by atoms with Crippen LogP contribution in [0.15, 0.2) is 6.08 Å². The number of thiazole rings is 1. The molecule has 1 aromatic heterocycles. The Morgan fingerprint density at radius 2 is 2.44 bits per heavy atom. The zero-order valence-electron chi connectivity index (χ0n) is 8.86. The summed E-state index contributed by atoms with van der Waals surface area (Å²) in [5.41, 5.74) is 6.95. The molecular weight excluding hydrogens is 246 g/mol. The first-order valence-corrected chi connectivity index (χ1v) is 6.11. The standard InChI is InChI=1S/C10H12ClN3OS/c1-14-4-2-3-6(5-14)7-8(11)16-10(13-7)9(12)15/h3H,2,4-5H2,1H3,(H2,12,15). The quantitative estimate of drug-likeness (QED) is 0.876. The number of primary amides is 1. The van der Waals surface area contributed by atoms with Crippen LogP contribution >= 0.6 is 22.9 Å². The number of aromatic nitrogens is 1. The van der Waals surface area contributed by atoms with Crippen molar-refractivity contribution in [2.45, 2.75) is 6.42 Å².